The van der Waals surface area contributed by atoms with Gasteiger partial charge in [-0.15, -0.1) is 0 Å². The van der Waals surface area contributed by atoms with E-state index < -0.39 is 6.04 Å². The number of aromatic nitrogens is 2. The van der Waals surface area contributed by atoms with Gasteiger partial charge in [-0.25, -0.2) is 4.68 Å². The third-order valence-corrected chi connectivity index (χ3v) is 7.59. The normalized spacial score (nSPS) is 18.2. The third kappa shape index (κ3) is 4.03. The quantitative estimate of drug-likeness (QED) is 0.465. The number of nitrogens with zero attached hydrogens (tertiary/aromatic N) is 4. The molecule has 6 nitrogen and oxygen atoms in total. The molecule has 1 fully saturated rings. The maximum atomic E-state index is 13.9. The minimum absolute atomic E-state index is 0.0222. The number of amides is 1. The van der Waals surface area contributed by atoms with Crippen molar-refractivity contribution in [1.82, 2.24) is 14.7 Å². The maximum Gasteiger partial charge on any atom is 0.254 e. The molecule has 170 valence electrons. The molecule has 2 aliphatic heterocycles. The number of hydrogen-bond donors (Lipinski definition) is 1. The molecule has 0 radical (unpaired) electrons. The molecule has 0 aliphatic carbocycles. The number of carbonyl (C=O) groups is 1. The van der Waals surface area contributed by atoms with Crippen LogP contribution in [0, 0.1) is 0 Å². The summed E-state index contributed by atoms with van der Waals surface area (Å²) in [7, 11) is 0. The topological polar surface area (TPSA) is 53.4 Å². The van der Waals surface area contributed by atoms with Crippen molar-refractivity contribution >= 4 is 56.5 Å². The van der Waals surface area contributed by atoms with Gasteiger partial charge in [0.25, 0.3) is 5.91 Å². The van der Waals surface area contributed by atoms with Crippen molar-refractivity contribution in [2.24, 2.45) is 0 Å². The fraction of sp³-hybridized carbons (Fsp3) is 0.250. The van der Waals surface area contributed by atoms with Crippen LogP contribution in [0.1, 0.15) is 18.5 Å². The molecule has 1 atom stereocenters. The molecular formula is C24H22BrCl2N5O. The van der Waals surface area contributed by atoms with E-state index >= 15 is 0 Å². The van der Waals surface area contributed by atoms with Crippen LogP contribution in [-0.4, -0.2) is 46.8 Å². The number of nitrogens with one attached hydrogen (secondary N) is 1. The van der Waals surface area contributed by atoms with Crippen LogP contribution in [0.5, 0.6) is 0 Å². The van der Waals surface area contributed by atoms with E-state index in [9.17, 15) is 4.79 Å². The van der Waals surface area contributed by atoms with E-state index in [1.807, 2.05) is 42.2 Å². The zero-order chi connectivity index (χ0) is 23.1. The number of carbonyl (C=O) groups excluding carboxylic acids is 1. The minimum atomic E-state index is -0.488. The van der Waals surface area contributed by atoms with Crippen molar-refractivity contribution in [2.75, 3.05) is 36.4 Å². The Hall–Kier alpha value is -2.48. The molecule has 1 saturated heterocycles. The molecule has 1 N–H and O–H groups in total. The van der Waals surface area contributed by atoms with Crippen LogP contribution in [-0.2, 0) is 4.79 Å². The number of anilines is 2. The molecule has 0 spiro atoms. The standard InChI is InChI=1S/C24H22BrCl2N5O/c1-15-20(24(33)31-12-10-30(11-13-31)16-6-3-2-4-7-16)22(17-8-5-9-19(26)21(17)27)32-23(29-15)18(25)14-28-32/h2-9,14,22,29H,10-13H2,1H3. The number of piperazine rings is 1. The Bertz CT molecular complexity index is 1230. The predicted octanol–water partition coefficient (Wildman–Crippen LogP) is 5.59. The molecule has 9 heteroatoms. The van der Waals surface area contributed by atoms with E-state index in [4.69, 9.17) is 23.2 Å². The SMILES string of the molecule is CC1=C(C(=O)N2CCN(c3ccccc3)CC2)C(c2cccc(Cl)c2Cl)n2ncc(Br)c2N1. The Morgan fingerprint density at radius 2 is 1.79 bits per heavy atom. The lowest BCUT2D eigenvalue weighted by Crippen LogP contribution is -2.50. The molecule has 3 heterocycles. The number of rotatable bonds is 3. The van der Waals surface area contributed by atoms with Gasteiger partial charge in [0.1, 0.15) is 11.9 Å². The van der Waals surface area contributed by atoms with Gasteiger partial charge in [-0.3, -0.25) is 4.79 Å². The van der Waals surface area contributed by atoms with Gasteiger partial charge < -0.3 is 15.1 Å². The van der Waals surface area contributed by atoms with E-state index in [0.29, 0.717) is 28.7 Å². The highest BCUT2D eigenvalue weighted by Crippen LogP contribution is 2.43. The van der Waals surface area contributed by atoms with Crippen LogP contribution in [0.15, 0.2) is 70.5 Å². The van der Waals surface area contributed by atoms with Crippen molar-refractivity contribution < 1.29 is 4.79 Å². The van der Waals surface area contributed by atoms with Gasteiger partial charge in [0.05, 0.1) is 26.3 Å². The summed E-state index contributed by atoms with van der Waals surface area (Å²) < 4.78 is 2.61. The number of fused-ring (bicyclic) bond motifs is 1. The van der Waals surface area contributed by atoms with Gasteiger partial charge in [0, 0.05) is 43.1 Å². The van der Waals surface area contributed by atoms with Crippen LogP contribution in [0.4, 0.5) is 11.5 Å². The van der Waals surface area contributed by atoms with Gasteiger partial charge in [-0.05, 0) is 41.1 Å². The first-order valence-electron chi connectivity index (χ1n) is 10.7. The van der Waals surface area contributed by atoms with Crippen molar-refractivity contribution in [1.29, 1.82) is 0 Å². The van der Waals surface area contributed by atoms with Crippen LogP contribution in [0.25, 0.3) is 0 Å². The predicted molar refractivity (Wildman–Crippen MR) is 136 cm³/mol. The molecule has 0 saturated carbocycles. The largest absolute Gasteiger partial charge is 0.368 e. The van der Waals surface area contributed by atoms with Gasteiger partial charge in [0.15, 0.2) is 0 Å². The zero-order valence-corrected chi connectivity index (χ0v) is 21.0. The smallest absolute Gasteiger partial charge is 0.254 e. The highest BCUT2D eigenvalue weighted by molar-refractivity contribution is 9.10. The summed E-state index contributed by atoms with van der Waals surface area (Å²) in [6.45, 7) is 4.74. The summed E-state index contributed by atoms with van der Waals surface area (Å²) in [5, 5.41) is 8.76. The summed E-state index contributed by atoms with van der Waals surface area (Å²) >= 11 is 16.5. The number of para-hydroxylation sites is 1. The molecule has 33 heavy (non-hydrogen) atoms. The lowest BCUT2D eigenvalue weighted by atomic mass is 9.94. The average molecular weight is 547 g/mol. The fourth-order valence-electron chi connectivity index (χ4n) is 4.50. The Morgan fingerprint density at radius 3 is 2.52 bits per heavy atom. The Morgan fingerprint density at radius 1 is 1.06 bits per heavy atom. The van der Waals surface area contributed by atoms with Crippen molar-refractivity contribution in [2.45, 2.75) is 13.0 Å². The van der Waals surface area contributed by atoms with E-state index in [2.05, 4.69) is 43.4 Å². The summed E-state index contributed by atoms with van der Waals surface area (Å²) in [5.74, 6) is 0.755. The minimum Gasteiger partial charge on any atom is -0.368 e. The van der Waals surface area contributed by atoms with E-state index in [0.717, 1.165) is 34.6 Å². The van der Waals surface area contributed by atoms with Crippen LogP contribution in [0.3, 0.4) is 0 Å². The number of hydrogen-bond acceptors (Lipinski definition) is 4. The summed E-state index contributed by atoms with van der Waals surface area (Å²) in [6.07, 6.45) is 1.72. The van der Waals surface area contributed by atoms with Crippen molar-refractivity contribution in [3.63, 3.8) is 0 Å². The van der Waals surface area contributed by atoms with Gasteiger partial charge >= 0.3 is 0 Å². The fourth-order valence-corrected chi connectivity index (χ4v) is 5.28. The van der Waals surface area contributed by atoms with Crippen LogP contribution in [0.2, 0.25) is 10.0 Å². The van der Waals surface area contributed by atoms with E-state index in [-0.39, 0.29) is 5.91 Å². The Labute approximate surface area is 210 Å². The van der Waals surface area contributed by atoms with Crippen LogP contribution < -0.4 is 10.2 Å². The van der Waals surface area contributed by atoms with E-state index in [1.54, 1.807) is 16.9 Å². The highest BCUT2D eigenvalue weighted by atomic mass is 79.9. The van der Waals surface area contributed by atoms with Gasteiger partial charge in [-0.2, -0.15) is 5.10 Å². The van der Waals surface area contributed by atoms with Gasteiger partial charge in [-0.1, -0.05) is 53.5 Å². The highest BCUT2D eigenvalue weighted by Gasteiger charge is 2.37. The molecule has 2 aromatic carbocycles. The second-order valence-corrected chi connectivity index (χ2v) is 9.75. The van der Waals surface area contributed by atoms with E-state index in [1.165, 1.54) is 5.69 Å². The molecule has 1 unspecified atom stereocenters. The van der Waals surface area contributed by atoms with Crippen molar-refractivity contribution in [3.8, 4) is 0 Å². The molecular weight excluding hydrogens is 525 g/mol. The number of halogens is 3. The monoisotopic (exact) mass is 545 g/mol. The summed E-state index contributed by atoms with van der Waals surface area (Å²) in [4.78, 5) is 18.1. The first-order chi connectivity index (χ1) is 16.0. The molecule has 1 amide bonds. The lowest BCUT2D eigenvalue weighted by Gasteiger charge is -2.38. The van der Waals surface area contributed by atoms with Crippen LogP contribution >= 0.6 is 39.1 Å². The second kappa shape index (κ2) is 9.05. The van der Waals surface area contributed by atoms with Crippen molar-refractivity contribution in [3.05, 3.63) is 86.1 Å². The third-order valence-electron chi connectivity index (χ3n) is 6.17. The molecule has 0 bridgehead atoms. The Balaban J connectivity index is 1.48. The molecule has 2 aliphatic rings. The first kappa shape index (κ1) is 22.3. The van der Waals surface area contributed by atoms with Gasteiger partial charge in [0.2, 0.25) is 0 Å². The zero-order valence-electron chi connectivity index (χ0n) is 17.9. The lowest BCUT2D eigenvalue weighted by molar-refractivity contribution is -0.127. The first-order valence-corrected chi connectivity index (χ1v) is 12.2. The Kier molecular flexibility index (Phi) is 6.12. The average Bonchev–Trinajstić information content (AvgIpc) is 3.20. The summed E-state index contributed by atoms with van der Waals surface area (Å²) in [6, 6.07) is 15.3. The molecule has 1 aromatic heterocycles. The number of benzene rings is 2. The molecule has 5 rings (SSSR count). The second-order valence-electron chi connectivity index (χ2n) is 8.11. The molecule has 3 aromatic rings. The summed E-state index contributed by atoms with van der Waals surface area (Å²) in [5.41, 5.74) is 3.32. The maximum absolute atomic E-state index is 13.9. The number of allylic oxidation sites excluding steroid dienone is 1.